The van der Waals surface area contributed by atoms with Crippen molar-refractivity contribution in [3.8, 4) is 0 Å². The summed E-state index contributed by atoms with van der Waals surface area (Å²) in [6.07, 6.45) is 2.71. The number of nitrogens with one attached hydrogen (secondary N) is 1. The van der Waals surface area contributed by atoms with E-state index in [1.807, 2.05) is 12.1 Å². The van der Waals surface area contributed by atoms with Crippen molar-refractivity contribution in [3.05, 3.63) is 35.4 Å². The standard InChI is InChI=1S/C15H20BrNO/c1-15(2,7-8-16)17-14(18)13-9-11-5-3-4-6-12(11)10-13/h3-6,13H,7-10H2,1-2H3,(H,17,18). The second-order valence-electron chi connectivity index (χ2n) is 5.69. The quantitative estimate of drug-likeness (QED) is 0.851. The van der Waals surface area contributed by atoms with Gasteiger partial charge in [0.25, 0.3) is 0 Å². The molecule has 3 heteroatoms. The molecule has 0 aromatic heterocycles. The van der Waals surface area contributed by atoms with Crippen LogP contribution in [0.15, 0.2) is 24.3 Å². The highest BCUT2D eigenvalue weighted by Crippen LogP contribution is 2.27. The Bertz CT molecular complexity index is 417. The number of carbonyl (C=O) groups is 1. The summed E-state index contributed by atoms with van der Waals surface area (Å²) in [5.74, 6) is 0.300. The van der Waals surface area contributed by atoms with Crippen LogP contribution in [0.4, 0.5) is 0 Å². The average molecular weight is 310 g/mol. The van der Waals surface area contributed by atoms with Crippen LogP contribution in [-0.4, -0.2) is 16.8 Å². The smallest absolute Gasteiger partial charge is 0.224 e. The molecule has 0 radical (unpaired) electrons. The van der Waals surface area contributed by atoms with E-state index in [-0.39, 0.29) is 17.4 Å². The first-order valence-electron chi connectivity index (χ1n) is 6.46. The average Bonchev–Trinajstić information content (AvgIpc) is 2.71. The van der Waals surface area contributed by atoms with Gasteiger partial charge in [-0.1, -0.05) is 40.2 Å². The molecule has 0 saturated carbocycles. The number of halogens is 1. The zero-order valence-electron chi connectivity index (χ0n) is 11.0. The van der Waals surface area contributed by atoms with E-state index in [4.69, 9.17) is 0 Å². The van der Waals surface area contributed by atoms with Crippen LogP contribution in [0.5, 0.6) is 0 Å². The first-order valence-corrected chi connectivity index (χ1v) is 7.59. The number of amides is 1. The first kappa shape index (κ1) is 13.6. The number of carbonyl (C=O) groups excluding carboxylic acids is 1. The molecule has 18 heavy (non-hydrogen) atoms. The topological polar surface area (TPSA) is 29.1 Å². The van der Waals surface area contributed by atoms with E-state index >= 15 is 0 Å². The Labute approximate surface area is 117 Å². The fourth-order valence-electron chi connectivity index (χ4n) is 2.48. The fraction of sp³-hybridized carbons (Fsp3) is 0.533. The van der Waals surface area contributed by atoms with E-state index in [1.165, 1.54) is 11.1 Å². The molecule has 1 aromatic rings. The molecule has 0 bridgehead atoms. The van der Waals surface area contributed by atoms with Crippen LogP contribution in [0.3, 0.4) is 0 Å². The lowest BCUT2D eigenvalue weighted by atomic mass is 9.98. The van der Waals surface area contributed by atoms with E-state index in [0.717, 1.165) is 24.6 Å². The molecule has 0 unspecified atom stereocenters. The molecule has 1 aromatic carbocycles. The summed E-state index contributed by atoms with van der Waals surface area (Å²) < 4.78 is 0. The van der Waals surface area contributed by atoms with Crippen molar-refractivity contribution in [2.75, 3.05) is 5.33 Å². The zero-order chi connectivity index (χ0) is 13.2. The maximum Gasteiger partial charge on any atom is 0.224 e. The Balaban J connectivity index is 1.97. The van der Waals surface area contributed by atoms with Crippen molar-refractivity contribution < 1.29 is 4.79 Å². The Hall–Kier alpha value is -0.830. The maximum atomic E-state index is 12.3. The number of benzene rings is 1. The lowest BCUT2D eigenvalue weighted by molar-refractivity contribution is -0.126. The molecular weight excluding hydrogens is 290 g/mol. The molecule has 2 rings (SSSR count). The van der Waals surface area contributed by atoms with Gasteiger partial charge in [-0.3, -0.25) is 4.79 Å². The molecule has 0 fully saturated rings. The van der Waals surface area contributed by atoms with Gasteiger partial charge in [0.2, 0.25) is 5.91 Å². The van der Waals surface area contributed by atoms with Gasteiger partial charge in [-0.05, 0) is 44.2 Å². The third-order valence-corrected chi connectivity index (χ3v) is 4.00. The second kappa shape index (κ2) is 5.43. The molecule has 0 heterocycles. The predicted octanol–water partition coefficient (Wildman–Crippen LogP) is 3.08. The van der Waals surface area contributed by atoms with Gasteiger partial charge >= 0.3 is 0 Å². The van der Waals surface area contributed by atoms with Crippen LogP contribution < -0.4 is 5.32 Å². The van der Waals surface area contributed by atoms with Crippen molar-refractivity contribution in [2.24, 2.45) is 5.92 Å². The Morgan fingerprint density at radius 2 is 1.89 bits per heavy atom. The summed E-state index contributed by atoms with van der Waals surface area (Å²) in [4.78, 5) is 12.3. The largest absolute Gasteiger partial charge is 0.351 e. The van der Waals surface area contributed by atoms with Crippen LogP contribution >= 0.6 is 15.9 Å². The maximum absolute atomic E-state index is 12.3. The number of alkyl halides is 1. The third kappa shape index (κ3) is 3.14. The van der Waals surface area contributed by atoms with Gasteiger partial charge in [-0.25, -0.2) is 0 Å². The van der Waals surface area contributed by atoms with Gasteiger partial charge in [0, 0.05) is 16.8 Å². The fourth-order valence-corrected chi connectivity index (χ4v) is 3.47. The van der Waals surface area contributed by atoms with Gasteiger partial charge in [-0.2, -0.15) is 0 Å². The third-order valence-electron chi connectivity index (χ3n) is 3.60. The molecule has 98 valence electrons. The van der Waals surface area contributed by atoms with Crippen molar-refractivity contribution in [3.63, 3.8) is 0 Å². The normalized spacial score (nSPS) is 15.5. The number of hydrogen-bond donors (Lipinski definition) is 1. The summed E-state index contributed by atoms with van der Waals surface area (Å²) in [5.41, 5.74) is 2.53. The molecule has 1 amide bonds. The van der Waals surface area contributed by atoms with Crippen molar-refractivity contribution in [1.82, 2.24) is 5.32 Å². The molecule has 1 aliphatic carbocycles. The lowest BCUT2D eigenvalue weighted by Gasteiger charge is -2.27. The van der Waals surface area contributed by atoms with Crippen LogP contribution in [0.2, 0.25) is 0 Å². The van der Waals surface area contributed by atoms with Gasteiger partial charge in [-0.15, -0.1) is 0 Å². The van der Waals surface area contributed by atoms with Crippen LogP contribution in [0, 0.1) is 5.92 Å². The molecule has 0 spiro atoms. The minimum atomic E-state index is -0.130. The van der Waals surface area contributed by atoms with Crippen LogP contribution in [0.1, 0.15) is 31.4 Å². The van der Waals surface area contributed by atoms with Gasteiger partial charge < -0.3 is 5.32 Å². The summed E-state index contributed by atoms with van der Waals surface area (Å²) in [7, 11) is 0. The van der Waals surface area contributed by atoms with Crippen LogP contribution in [-0.2, 0) is 17.6 Å². The second-order valence-corrected chi connectivity index (χ2v) is 6.48. The Morgan fingerprint density at radius 1 is 1.33 bits per heavy atom. The molecule has 2 nitrogen and oxygen atoms in total. The minimum Gasteiger partial charge on any atom is -0.351 e. The number of rotatable bonds is 4. The number of hydrogen-bond acceptors (Lipinski definition) is 1. The Morgan fingerprint density at radius 3 is 2.39 bits per heavy atom. The highest BCUT2D eigenvalue weighted by molar-refractivity contribution is 9.09. The monoisotopic (exact) mass is 309 g/mol. The molecule has 0 saturated heterocycles. The Kier molecular flexibility index (Phi) is 4.10. The highest BCUT2D eigenvalue weighted by Gasteiger charge is 2.30. The van der Waals surface area contributed by atoms with Crippen molar-refractivity contribution in [2.45, 2.75) is 38.6 Å². The summed E-state index contributed by atoms with van der Waals surface area (Å²) >= 11 is 3.43. The first-order chi connectivity index (χ1) is 8.52. The highest BCUT2D eigenvalue weighted by atomic mass is 79.9. The van der Waals surface area contributed by atoms with E-state index in [9.17, 15) is 4.79 Å². The molecular formula is C15H20BrNO. The lowest BCUT2D eigenvalue weighted by Crippen LogP contribution is -2.46. The molecule has 1 aliphatic rings. The summed E-state index contributed by atoms with van der Waals surface area (Å²) in [6, 6.07) is 8.36. The van der Waals surface area contributed by atoms with E-state index in [0.29, 0.717) is 0 Å². The minimum absolute atomic E-state index is 0.108. The van der Waals surface area contributed by atoms with Gasteiger partial charge in [0.15, 0.2) is 0 Å². The molecule has 0 aliphatic heterocycles. The summed E-state index contributed by atoms with van der Waals surface area (Å²) in [5, 5.41) is 4.07. The molecule has 1 N–H and O–H groups in total. The number of fused-ring (bicyclic) bond motifs is 1. The van der Waals surface area contributed by atoms with Crippen molar-refractivity contribution >= 4 is 21.8 Å². The summed E-state index contributed by atoms with van der Waals surface area (Å²) in [6.45, 7) is 4.16. The van der Waals surface area contributed by atoms with E-state index in [2.05, 4.69) is 47.2 Å². The van der Waals surface area contributed by atoms with Gasteiger partial charge in [0.05, 0.1) is 0 Å². The predicted molar refractivity (Wildman–Crippen MR) is 78.0 cm³/mol. The van der Waals surface area contributed by atoms with Crippen LogP contribution in [0.25, 0.3) is 0 Å². The molecule has 0 atom stereocenters. The van der Waals surface area contributed by atoms with E-state index in [1.54, 1.807) is 0 Å². The van der Waals surface area contributed by atoms with E-state index < -0.39 is 0 Å². The van der Waals surface area contributed by atoms with Crippen molar-refractivity contribution in [1.29, 1.82) is 0 Å². The zero-order valence-corrected chi connectivity index (χ0v) is 12.6. The SMILES string of the molecule is CC(C)(CCBr)NC(=O)C1Cc2ccccc2C1. The van der Waals surface area contributed by atoms with Gasteiger partial charge in [0.1, 0.15) is 0 Å².